The molecular weight excluding hydrogens is 365 g/mol. The van der Waals surface area contributed by atoms with E-state index in [1.165, 1.54) is 6.07 Å². The van der Waals surface area contributed by atoms with Gasteiger partial charge in [-0.3, -0.25) is 4.79 Å². The molecular formula is C22H21ClFNO2. The molecule has 1 heterocycles. The highest BCUT2D eigenvalue weighted by molar-refractivity contribution is 6.31. The average Bonchev–Trinajstić information content (AvgIpc) is 2.65. The highest BCUT2D eigenvalue weighted by Gasteiger charge is 2.23. The maximum atomic E-state index is 13.7. The van der Waals surface area contributed by atoms with Crippen LogP contribution in [0.5, 0.6) is 0 Å². The average molecular weight is 386 g/mol. The number of fused-ring (bicyclic) bond motifs is 1. The van der Waals surface area contributed by atoms with Gasteiger partial charge in [-0.1, -0.05) is 48.7 Å². The third-order valence-electron chi connectivity index (χ3n) is 4.92. The van der Waals surface area contributed by atoms with Gasteiger partial charge in [-0.05, 0) is 42.5 Å². The topological polar surface area (TPSA) is 39.1 Å². The van der Waals surface area contributed by atoms with E-state index >= 15 is 0 Å². The fourth-order valence-electron chi connectivity index (χ4n) is 3.62. The second kappa shape index (κ2) is 7.65. The number of aryl methyl sites for hydroxylation is 1. The van der Waals surface area contributed by atoms with E-state index in [4.69, 9.17) is 11.6 Å². The van der Waals surface area contributed by atoms with E-state index in [2.05, 4.69) is 0 Å². The first-order valence-corrected chi connectivity index (χ1v) is 9.30. The van der Waals surface area contributed by atoms with Crippen molar-refractivity contribution in [2.24, 2.45) is 7.05 Å². The number of rotatable bonds is 5. The van der Waals surface area contributed by atoms with Crippen molar-refractivity contribution in [2.75, 3.05) is 0 Å². The second-order valence-electron chi connectivity index (χ2n) is 6.83. The lowest BCUT2D eigenvalue weighted by molar-refractivity contribution is -0.109. The maximum absolute atomic E-state index is 13.7. The molecule has 1 unspecified atom stereocenters. The quantitative estimate of drug-likeness (QED) is 0.552. The van der Waals surface area contributed by atoms with Crippen LogP contribution in [-0.2, 0) is 11.8 Å². The number of nitrogens with zero attached hydrogens (tertiary/aromatic N) is 1. The largest absolute Gasteiger partial charge is 0.314 e. The molecule has 0 spiro atoms. The molecule has 0 aliphatic carbocycles. The first-order valence-electron chi connectivity index (χ1n) is 8.93. The van der Waals surface area contributed by atoms with Gasteiger partial charge in [-0.25, -0.2) is 4.39 Å². The summed E-state index contributed by atoms with van der Waals surface area (Å²) < 4.78 is 15.3. The standard InChI is InChI=1S/C22H21ClFNO2/c1-4-5-15(12-26)21-20(14-7-9-19(24)18(23)11-14)17-10-13(2)6-8-16(17)22(27)25(21)3/h6-12,15H,4-5H2,1-3H3. The van der Waals surface area contributed by atoms with Crippen LogP contribution in [0, 0.1) is 12.7 Å². The number of pyridine rings is 1. The van der Waals surface area contributed by atoms with Crippen molar-refractivity contribution in [1.29, 1.82) is 0 Å². The van der Waals surface area contributed by atoms with E-state index in [1.807, 2.05) is 26.0 Å². The maximum Gasteiger partial charge on any atom is 0.258 e. The lowest BCUT2D eigenvalue weighted by atomic mass is 9.89. The van der Waals surface area contributed by atoms with Crippen LogP contribution in [0.2, 0.25) is 5.02 Å². The highest BCUT2D eigenvalue weighted by Crippen LogP contribution is 2.37. The summed E-state index contributed by atoms with van der Waals surface area (Å²) in [5.74, 6) is -0.941. The van der Waals surface area contributed by atoms with Crippen molar-refractivity contribution in [2.45, 2.75) is 32.6 Å². The molecule has 0 saturated heterocycles. The molecule has 0 amide bonds. The lowest BCUT2D eigenvalue weighted by Crippen LogP contribution is -2.24. The molecule has 3 rings (SSSR count). The molecule has 3 aromatic rings. The van der Waals surface area contributed by atoms with Crippen LogP contribution in [0.15, 0.2) is 41.2 Å². The van der Waals surface area contributed by atoms with Gasteiger partial charge in [0.15, 0.2) is 0 Å². The molecule has 0 aliphatic rings. The first kappa shape index (κ1) is 19.3. The molecule has 0 bridgehead atoms. The summed E-state index contributed by atoms with van der Waals surface area (Å²) in [7, 11) is 1.68. The molecule has 0 N–H and O–H groups in total. The zero-order valence-electron chi connectivity index (χ0n) is 15.6. The van der Waals surface area contributed by atoms with Gasteiger partial charge in [0.25, 0.3) is 5.56 Å². The van der Waals surface area contributed by atoms with E-state index in [0.29, 0.717) is 23.1 Å². The Labute approximate surface area is 162 Å². The van der Waals surface area contributed by atoms with Gasteiger partial charge in [-0.2, -0.15) is 0 Å². The molecule has 0 fully saturated rings. The predicted molar refractivity (Wildman–Crippen MR) is 108 cm³/mol. The molecule has 0 aliphatic heterocycles. The molecule has 140 valence electrons. The molecule has 2 aromatic carbocycles. The van der Waals surface area contributed by atoms with Crippen LogP contribution in [-0.4, -0.2) is 10.9 Å². The Balaban J connectivity index is 2.51. The van der Waals surface area contributed by atoms with Crippen LogP contribution < -0.4 is 5.56 Å². The molecule has 3 nitrogen and oxygen atoms in total. The Morgan fingerprint density at radius 2 is 1.93 bits per heavy atom. The highest BCUT2D eigenvalue weighted by atomic mass is 35.5. The number of aldehydes is 1. The zero-order valence-corrected chi connectivity index (χ0v) is 16.3. The Morgan fingerprint density at radius 1 is 1.19 bits per heavy atom. The second-order valence-corrected chi connectivity index (χ2v) is 7.24. The van der Waals surface area contributed by atoms with Crippen LogP contribution in [0.1, 0.15) is 36.9 Å². The fourth-order valence-corrected chi connectivity index (χ4v) is 3.80. The van der Waals surface area contributed by atoms with E-state index in [0.717, 1.165) is 29.2 Å². The molecule has 1 atom stereocenters. The summed E-state index contributed by atoms with van der Waals surface area (Å²) >= 11 is 6.03. The van der Waals surface area contributed by atoms with Gasteiger partial charge < -0.3 is 9.36 Å². The summed E-state index contributed by atoms with van der Waals surface area (Å²) in [5.41, 5.74) is 2.92. The van der Waals surface area contributed by atoms with Gasteiger partial charge in [0.1, 0.15) is 12.1 Å². The summed E-state index contributed by atoms with van der Waals surface area (Å²) in [6.07, 6.45) is 2.30. The monoisotopic (exact) mass is 385 g/mol. The van der Waals surface area contributed by atoms with E-state index in [9.17, 15) is 14.0 Å². The molecule has 0 saturated carbocycles. The van der Waals surface area contributed by atoms with Crippen LogP contribution in [0.3, 0.4) is 0 Å². The van der Waals surface area contributed by atoms with Crippen LogP contribution in [0.25, 0.3) is 21.9 Å². The number of hydrogen-bond donors (Lipinski definition) is 0. The van der Waals surface area contributed by atoms with E-state index in [-0.39, 0.29) is 10.6 Å². The Hall–Kier alpha value is -2.46. The predicted octanol–water partition coefficient (Wildman–Crippen LogP) is 5.39. The van der Waals surface area contributed by atoms with Crippen molar-refractivity contribution in [3.8, 4) is 11.1 Å². The minimum absolute atomic E-state index is 0.00579. The Bertz CT molecular complexity index is 1090. The van der Waals surface area contributed by atoms with Crippen molar-refractivity contribution in [3.63, 3.8) is 0 Å². The van der Waals surface area contributed by atoms with Gasteiger partial charge in [0, 0.05) is 23.7 Å². The smallest absolute Gasteiger partial charge is 0.258 e. The third kappa shape index (κ3) is 3.42. The summed E-state index contributed by atoms with van der Waals surface area (Å²) in [5, 5.41) is 1.31. The third-order valence-corrected chi connectivity index (χ3v) is 5.21. The SMILES string of the molecule is CCCC(C=O)c1c(-c2ccc(F)c(Cl)c2)c2cc(C)ccc2c(=O)n1C. The van der Waals surface area contributed by atoms with E-state index < -0.39 is 11.7 Å². The number of hydrogen-bond acceptors (Lipinski definition) is 2. The molecule has 0 radical (unpaired) electrons. The summed E-state index contributed by atoms with van der Waals surface area (Å²) in [4.78, 5) is 24.8. The van der Waals surface area contributed by atoms with Crippen molar-refractivity contribution in [3.05, 3.63) is 68.8 Å². The zero-order chi connectivity index (χ0) is 19.7. The number of aromatic nitrogens is 1. The molecule has 27 heavy (non-hydrogen) atoms. The Kier molecular flexibility index (Phi) is 5.47. The molecule has 1 aromatic heterocycles. The number of benzene rings is 2. The minimum Gasteiger partial charge on any atom is -0.314 e. The Morgan fingerprint density at radius 3 is 2.56 bits per heavy atom. The van der Waals surface area contributed by atoms with Crippen LogP contribution in [0.4, 0.5) is 4.39 Å². The van der Waals surface area contributed by atoms with Gasteiger partial charge in [-0.15, -0.1) is 0 Å². The minimum atomic E-state index is -0.507. The normalized spacial score (nSPS) is 12.3. The van der Waals surface area contributed by atoms with Gasteiger partial charge >= 0.3 is 0 Å². The van der Waals surface area contributed by atoms with Crippen molar-refractivity contribution in [1.82, 2.24) is 4.57 Å². The van der Waals surface area contributed by atoms with Crippen molar-refractivity contribution >= 4 is 28.7 Å². The number of carbonyl (C=O) groups is 1. The van der Waals surface area contributed by atoms with E-state index in [1.54, 1.807) is 29.8 Å². The van der Waals surface area contributed by atoms with Crippen LogP contribution >= 0.6 is 11.6 Å². The van der Waals surface area contributed by atoms with Crippen molar-refractivity contribution < 1.29 is 9.18 Å². The summed E-state index contributed by atoms with van der Waals surface area (Å²) in [6.45, 7) is 3.94. The molecule has 5 heteroatoms. The lowest BCUT2D eigenvalue weighted by Gasteiger charge is -2.22. The van der Waals surface area contributed by atoms with Gasteiger partial charge in [0.05, 0.1) is 10.9 Å². The summed E-state index contributed by atoms with van der Waals surface area (Å²) in [6, 6.07) is 10.1. The first-order chi connectivity index (χ1) is 12.9. The van der Waals surface area contributed by atoms with Gasteiger partial charge in [0.2, 0.25) is 0 Å². The fraction of sp³-hybridized carbons (Fsp3) is 0.273. The number of carbonyl (C=O) groups excluding carboxylic acids is 1. The number of halogens is 2.